The van der Waals surface area contributed by atoms with E-state index in [9.17, 15) is 4.79 Å². The number of H-pyrrole nitrogens is 1. The second-order valence-corrected chi connectivity index (χ2v) is 7.08. The summed E-state index contributed by atoms with van der Waals surface area (Å²) in [6, 6.07) is 9.69. The van der Waals surface area contributed by atoms with Crippen LogP contribution in [0.1, 0.15) is 21.7 Å². The number of imidazole rings is 1. The van der Waals surface area contributed by atoms with Crippen molar-refractivity contribution in [1.82, 2.24) is 24.4 Å². The lowest BCUT2D eigenvalue weighted by atomic mass is 10.1. The van der Waals surface area contributed by atoms with E-state index in [4.69, 9.17) is 0 Å². The maximum absolute atomic E-state index is 12.9. The number of rotatable bonds is 2. The van der Waals surface area contributed by atoms with Gasteiger partial charge in [-0.1, -0.05) is 11.3 Å². The Morgan fingerprint density at radius 2 is 2.12 bits per heavy atom. The molecule has 4 heterocycles. The Kier molecular flexibility index (Phi) is 3.21. The van der Waals surface area contributed by atoms with Crippen LogP contribution in [0.3, 0.4) is 0 Å². The summed E-state index contributed by atoms with van der Waals surface area (Å²) < 4.78 is 3.00. The fraction of sp³-hybridized carbons (Fsp3) is 0.167. The van der Waals surface area contributed by atoms with E-state index in [-0.39, 0.29) is 5.91 Å². The number of amides is 1. The molecule has 124 valence electrons. The van der Waals surface area contributed by atoms with E-state index in [1.54, 1.807) is 17.7 Å². The van der Waals surface area contributed by atoms with Gasteiger partial charge in [-0.25, -0.2) is 9.97 Å². The zero-order chi connectivity index (χ0) is 16.8. The number of hydrogen-bond donors (Lipinski definition) is 1. The Morgan fingerprint density at radius 3 is 3.00 bits per heavy atom. The van der Waals surface area contributed by atoms with Crippen molar-refractivity contribution >= 4 is 27.5 Å². The summed E-state index contributed by atoms with van der Waals surface area (Å²) in [5.41, 5.74) is 3.73. The summed E-state index contributed by atoms with van der Waals surface area (Å²) in [5, 5.41) is 0.907. The number of carbonyl (C=O) groups excluding carboxylic acids is 1. The average Bonchev–Trinajstić information content (AvgIpc) is 3.39. The van der Waals surface area contributed by atoms with Gasteiger partial charge in [0.05, 0.1) is 34.5 Å². The molecule has 1 aliphatic heterocycles. The van der Waals surface area contributed by atoms with Gasteiger partial charge in [-0.15, -0.1) is 0 Å². The highest BCUT2D eigenvalue weighted by Crippen LogP contribution is 2.27. The third-order valence-electron chi connectivity index (χ3n) is 4.51. The SMILES string of the molecule is O=C(c1ccc2nc(-n3cccc3)sc2c1)N1CCc2nc[nH]c2C1. The smallest absolute Gasteiger partial charge is 0.254 e. The van der Waals surface area contributed by atoms with E-state index < -0.39 is 0 Å². The van der Waals surface area contributed by atoms with Crippen LogP contribution in [0, 0.1) is 0 Å². The molecule has 0 atom stereocenters. The van der Waals surface area contributed by atoms with Crippen molar-refractivity contribution in [1.29, 1.82) is 0 Å². The van der Waals surface area contributed by atoms with E-state index in [0.717, 1.165) is 33.2 Å². The van der Waals surface area contributed by atoms with Crippen LogP contribution in [-0.4, -0.2) is 36.9 Å². The van der Waals surface area contributed by atoms with Gasteiger partial charge in [0.15, 0.2) is 5.13 Å². The molecule has 0 unspecified atom stereocenters. The molecule has 25 heavy (non-hydrogen) atoms. The van der Waals surface area contributed by atoms with Crippen molar-refractivity contribution in [3.05, 3.63) is 66.0 Å². The maximum Gasteiger partial charge on any atom is 0.254 e. The quantitative estimate of drug-likeness (QED) is 0.605. The molecule has 5 rings (SSSR count). The Bertz CT molecular complexity index is 1060. The second-order valence-electron chi connectivity index (χ2n) is 6.07. The number of nitrogens with one attached hydrogen (secondary N) is 1. The van der Waals surface area contributed by atoms with Gasteiger partial charge in [-0.2, -0.15) is 0 Å². The molecule has 0 aliphatic carbocycles. The molecule has 3 aromatic heterocycles. The van der Waals surface area contributed by atoms with Gasteiger partial charge in [0.25, 0.3) is 5.91 Å². The lowest BCUT2D eigenvalue weighted by Crippen LogP contribution is -2.36. The Balaban J connectivity index is 1.45. The number of aromatic nitrogens is 4. The topological polar surface area (TPSA) is 66.8 Å². The van der Waals surface area contributed by atoms with Crippen LogP contribution in [0.5, 0.6) is 0 Å². The Labute approximate surface area is 147 Å². The zero-order valence-electron chi connectivity index (χ0n) is 13.3. The Morgan fingerprint density at radius 1 is 1.24 bits per heavy atom. The molecule has 1 aromatic carbocycles. The molecule has 0 fully saturated rings. The van der Waals surface area contributed by atoms with Gasteiger partial charge in [0.2, 0.25) is 0 Å². The fourth-order valence-electron chi connectivity index (χ4n) is 3.19. The molecule has 4 aromatic rings. The first-order valence-electron chi connectivity index (χ1n) is 8.12. The molecule has 0 saturated heterocycles. The molecule has 7 heteroatoms. The first kappa shape index (κ1) is 14.4. The highest BCUT2D eigenvalue weighted by molar-refractivity contribution is 7.20. The first-order chi connectivity index (χ1) is 12.3. The van der Waals surface area contributed by atoms with E-state index in [0.29, 0.717) is 18.7 Å². The summed E-state index contributed by atoms with van der Waals surface area (Å²) in [5.74, 6) is 0.0538. The van der Waals surface area contributed by atoms with Crippen LogP contribution in [0.25, 0.3) is 15.3 Å². The van der Waals surface area contributed by atoms with E-state index in [2.05, 4.69) is 15.0 Å². The van der Waals surface area contributed by atoms with Crippen molar-refractivity contribution in [2.75, 3.05) is 6.54 Å². The number of carbonyl (C=O) groups is 1. The number of thiazole rings is 1. The van der Waals surface area contributed by atoms with Gasteiger partial charge in [-0.3, -0.25) is 4.79 Å². The molecule has 1 N–H and O–H groups in total. The van der Waals surface area contributed by atoms with Crippen molar-refractivity contribution < 1.29 is 4.79 Å². The number of benzene rings is 1. The first-order valence-corrected chi connectivity index (χ1v) is 8.94. The average molecular weight is 349 g/mol. The molecular weight excluding hydrogens is 334 g/mol. The Hall–Kier alpha value is -2.93. The molecule has 0 spiro atoms. The summed E-state index contributed by atoms with van der Waals surface area (Å²) in [4.78, 5) is 26.8. The molecule has 1 aliphatic rings. The predicted molar refractivity (Wildman–Crippen MR) is 96.0 cm³/mol. The van der Waals surface area contributed by atoms with Gasteiger partial charge in [0.1, 0.15) is 0 Å². The molecule has 0 radical (unpaired) electrons. The molecule has 0 bridgehead atoms. The van der Waals surface area contributed by atoms with Gasteiger partial charge < -0.3 is 14.5 Å². The summed E-state index contributed by atoms with van der Waals surface area (Å²) in [7, 11) is 0. The highest BCUT2D eigenvalue weighted by Gasteiger charge is 2.23. The predicted octanol–water partition coefficient (Wildman–Crippen LogP) is 3.01. The number of nitrogens with zero attached hydrogens (tertiary/aromatic N) is 4. The van der Waals surface area contributed by atoms with Crippen molar-refractivity contribution in [3.63, 3.8) is 0 Å². The van der Waals surface area contributed by atoms with Crippen LogP contribution in [0.4, 0.5) is 0 Å². The van der Waals surface area contributed by atoms with Crippen LogP contribution < -0.4 is 0 Å². The molecule has 6 nitrogen and oxygen atoms in total. The minimum Gasteiger partial charge on any atom is -0.347 e. The van der Waals surface area contributed by atoms with Crippen molar-refractivity contribution in [3.8, 4) is 5.13 Å². The summed E-state index contributed by atoms with van der Waals surface area (Å²) in [6.07, 6.45) is 6.44. The van der Waals surface area contributed by atoms with Crippen LogP contribution in [-0.2, 0) is 13.0 Å². The van der Waals surface area contributed by atoms with E-state index in [1.807, 2.05) is 52.2 Å². The van der Waals surface area contributed by atoms with Gasteiger partial charge >= 0.3 is 0 Å². The summed E-state index contributed by atoms with van der Waals surface area (Å²) in [6.45, 7) is 1.29. The maximum atomic E-state index is 12.9. The van der Waals surface area contributed by atoms with Crippen molar-refractivity contribution in [2.24, 2.45) is 0 Å². The number of fused-ring (bicyclic) bond motifs is 2. The molecule has 1 amide bonds. The largest absolute Gasteiger partial charge is 0.347 e. The van der Waals surface area contributed by atoms with Crippen LogP contribution >= 0.6 is 11.3 Å². The third-order valence-corrected chi connectivity index (χ3v) is 5.54. The third kappa shape index (κ3) is 2.44. The molecular formula is C18H15N5OS. The van der Waals surface area contributed by atoms with Crippen molar-refractivity contribution in [2.45, 2.75) is 13.0 Å². The lowest BCUT2D eigenvalue weighted by Gasteiger charge is -2.26. The van der Waals surface area contributed by atoms with Crippen LogP contribution in [0.2, 0.25) is 0 Å². The molecule has 0 saturated carbocycles. The minimum atomic E-state index is 0.0538. The zero-order valence-corrected chi connectivity index (χ0v) is 14.2. The standard InChI is InChI=1S/C18H15N5OS/c24-17(23-8-5-13-15(10-23)20-11-19-13)12-3-4-14-16(9-12)25-18(21-14)22-6-1-2-7-22/h1-4,6-7,9,11H,5,8,10H2,(H,19,20). The lowest BCUT2D eigenvalue weighted by molar-refractivity contribution is 0.0732. The number of aromatic amines is 1. The normalized spacial score (nSPS) is 14.0. The minimum absolute atomic E-state index is 0.0538. The van der Waals surface area contributed by atoms with Gasteiger partial charge in [-0.05, 0) is 30.3 Å². The monoisotopic (exact) mass is 349 g/mol. The van der Waals surface area contributed by atoms with E-state index in [1.165, 1.54) is 0 Å². The van der Waals surface area contributed by atoms with Crippen LogP contribution in [0.15, 0.2) is 49.1 Å². The van der Waals surface area contributed by atoms with Gasteiger partial charge in [0, 0.05) is 30.9 Å². The summed E-state index contributed by atoms with van der Waals surface area (Å²) >= 11 is 1.59. The highest BCUT2D eigenvalue weighted by atomic mass is 32.1. The fourth-order valence-corrected chi connectivity index (χ4v) is 4.16. The number of hydrogen-bond acceptors (Lipinski definition) is 4. The second kappa shape index (κ2) is 5.56. The van der Waals surface area contributed by atoms with E-state index >= 15 is 0 Å².